The van der Waals surface area contributed by atoms with Gasteiger partial charge in [0.1, 0.15) is 27.9 Å². The summed E-state index contributed by atoms with van der Waals surface area (Å²) in [5, 5.41) is 9.74. The number of thioether (sulfide) groups is 1. The SMILES string of the molecule is CCCCCCc1nc(SCC(=O)/C(C#N)=C(\C)N)c2c(=O)n(C)c(=O)n(CCC)c2n1. The number of Topliss-reactive ketones (excluding diaryl/α,β-unsaturated/α-hetero) is 1. The normalized spacial score (nSPS) is 12.0. The number of carbonyl (C=O) groups is 1. The Labute approximate surface area is 191 Å². The molecule has 0 fully saturated rings. The predicted molar refractivity (Wildman–Crippen MR) is 125 cm³/mol. The van der Waals surface area contributed by atoms with Gasteiger partial charge < -0.3 is 5.73 Å². The molecule has 2 aromatic rings. The van der Waals surface area contributed by atoms with Gasteiger partial charge in [-0.15, -0.1) is 0 Å². The summed E-state index contributed by atoms with van der Waals surface area (Å²) in [5.41, 5.74) is 5.04. The highest BCUT2D eigenvalue weighted by Gasteiger charge is 2.20. The van der Waals surface area contributed by atoms with Crippen LogP contribution in [0.4, 0.5) is 0 Å². The van der Waals surface area contributed by atoms with Crippen molar-refractivity contribution in [1.29, 1.82) is 5.26 Å². The number of allylic oxidation sites excluding steroid dienone is 2. The summed E-state index contributed by atoms with van der Waals surface area (Å²) in [6, 6.07) is 1.83. The summed E-state index contributed by atoms with van der Waals surface area (Å²) in [5.74, 6) is -0.00547. The average Bonchev–Trinajstić information content (AvgIpc) is 2.76. The Morgan fingerprint density at radius 2 is 1.88 bits per heavy atom. The van der Waals surface area contributed by atoms with Crippen molar-refractivity contribution in [3.63, 3.8) is 0 Å². The van der Waals surface area contributed by atoms with Crippen LogP contribution in [0.1, 0.15) is 58.7 Å². The Bertz CT molecular complexity index is 1190. The van der Waals surface area contributed by atoms with Gasteiger partial charge in [0.2, 0.25) is 0 Å². The van der Waals surface area contributed by atoms with Crippen molar-refractivity contribution in [2.75, 3.05) is 5.75 Å². The van der Waals surface area contributed by atoms with E-state index in [4.69, 9.17) is 5.73 Å². The minimum Gasteiger partial charge on any atom is -0.401 e. The zero-order chi connectivity index (χ0) is 23.8. The van der Waals surface area contributed by atoms with Crippen LogP contribution in [-0.2, 0) is 24.8 Å². The number of aryl methyl sites for hydroxylation is 2. The molecule has 10 heteroatoms. The standard InChI is InChI=1S/C22H30N6O3S/c1-5-7-8-9-10-17-25-19-18(21(30)27(4)22(31)28(19)11-6-2)20(26-17)32-13-16(29)15(12-23)14(3)24/h5-11,13,24H2,1-4H3/b15-14+. The molecule has 0 unspecified atom stereocenters. The number of aromatic nitrogens is 4. The van der Waals surface area contributed by atoms with Crippen LogP contribution in [0.2, 0.25) is 0 Å². The Morgan fingerprint density at radius 3 is 2.47 bits per heavy atom. The van der Waals surface area contributed by atoms with E-state index < -0.39 is 17.0 Å². The molecule has 0 atom stereocenters. The molecule has 9 nitrogen and oxygen atoms in total. The van der Waals surface area contributed by atoms with Gasteiger partial charge in [0, 0.05) is 25.7 Å². The van der Waals surface area contributed by atoms with Gasteiger partial charge in [-0.1, -0.05) is 44.9 Å². The molecule has 0 bridgehead atoms. The van der Waals surface area contributed by atoms with Gasteiger partial charge in [0.25, 0.3) is 5.56 Å². The van der Waals surface area contributed by atoms with E-state index in [1.165, 1.54) is 18.5 Å². The summed E-state index contributed by atoms with van der Waals surface area (Å²) in [6.07, 6.45) is 5.42. The second-order valence-electron chi connectivity index (χ2n) is 7.63. The topological polar surface area (TPSA) is 137 Å². The van der Waals surface area contributed by atoms with Gasteiger partial charge in [-0.05, 0) is 19.8 Å². The lowest BCUT2D eigenvalue weighted by atomic mass is 10.1. The molecular weight excluding hydrogens is 428 g/mol. The smallest absolute Gasteiger partial charge is 0.332 e. The van der Waals surface area contributed by atoms with Crippen molar-refractivity contribution in [2.24, 2.45) is 12.8 Å². The molecule has 2 N–H and O–H groups in total. The molecule has 0 aromatic carbocycles. The van der Waals surface area contributed by atoms with Crippen LogP contribution in [0, 0.1) is 11.3 Å². The fourth-order valence-electron chi connectivity index (χ4n) is 3.31. The molecule has 0 amide bonds. The number of hydrogen-bond acceptors (Lipinski definition) is 8. The first-order chi connectivity index (χ1) is 15.3. The second kappa shape index (κ2) is 11.6. The summed E-state index contributed by atoms with van der Waals surface area (Å²) in [6.45, 7) is 5.97. The third kappa shape index (κ3) is 5.65. The Morgan fingerprint density at radius 1 is 1.16 bits per heavy atom. The number of hydrogen-bond donors (Lipinski definition) is 1. The number of nitrogens with zero attached hydrogens (tertiary/aromatic N) is 5. The van der Waals surface area contributed by atoms with Gasteiger partial charge in [-0.3, -0.25) is 18.7 Å². The first kappa shape index (κ1) is 25.3. The minimum absolute atomic E-state index is 0.102. The molecule has 2 rings (SSSR count). The van der Waals surface area contributed by atoms with Crippen molar-refractivity contribution in [2.45, 2.75) is 70.9 Å². The third-order valence-electron chi connectivity index (χ3n) is 5.02. The monoisotopic (exact) mass is 458 g/mol. The lowest BCUT2D eigenvalue weighted by Gasteiger charge is -2.14. The maximum Gasteiger partial charge on any atom is 0.332 e. The quantitative estimate of drug-likeness (QED) is 0.178. The molecule has 32 heavy (non-hydrogen) atoms. The second-order valence-corrected chi connectivity index (χ2v) is 8.60. The van der Waals surface area contributed by atoms with E-state index in [9.17, 15) is 19.6 Å². The number of fused-ring (bicyclic) bond motifs is 1. The van der Waals surface area contributed by atoms with Crippen LogP contribution in [0.3, 0.4) is 0 Å². The number of rotatable bonds is 11. The summed E-state index contributed by atoms with van der Waals surface area (Å²) in [7, 11) is 1.42. The molecule has 0 saturated carbocycles. The zero-order valence-electron chi connectivity index (χ0n) is 19.1. The highest BCUT2D eigenvalue weighted by molar-refractivity contribution is 8.00. The summed E-state index contributed by atoms with van der Waals surface area (Å²) >= 11 is 1.06. The first-order valence-corrected chi connectivity index (χ1v) is 11.8. The summed E-state index contributed by atoms with van der Waals surface area (Å²) < 4.78 is 2.53. The lowest BCUT2D eigenvalue weighted by molar-refractivity contribution is -0.112. The Balaban J connectivity index is 2.61. The van der Waals surface area contributed by atoms with E-state index in [-0.39, 0.29) is 22.4 Å². The van der Waals surface area contributed by atoms with Crippen LogP contribution in [0.15, 0.2) is 25.9 Å². The fraction of sp³-hybridized carbons (Fsp3) is 0.545. The van der Waals surface area contributed by atoms with Crippen molar-refractivity contribution in [3.8, 4) is 6.07 Å². The van der Waals surface area contributed by atoms with E-state index in [1.807, 2.05) is 13.0 Å². The van der Waals surface area contributed by atoms with Gasteiger partial charge in [0.15, 0.2) is 11.4 Å². The highest BCUT2D eigenvalue weighted by Crippen LogP contribution is 2.24. The number of carbonyl (C=O) groups excluding carboxylic acids is 1. The molecule has 0 aliphatic rings. The molecule has 2 heterocycles. The summed E-state index contributed by atoms with van der Waals surface area (Å²) in [4.78, 5) is 47.3. The largest absolute Gasteiger partial charge is 0.401 e. The van der Waals surface area contributed by atoms with Crippen molar-refractivity contribution < 1.29 is 4.79 Å². The molecular formula is C22H30N6O3S. The van der Waals surface area contributed by atoms with Crippen LogP contribution in [0.5, 0.6) is 0 Å². The van der Waals surface area contributed by atoms with Crippen LogP contribution < -0.4 is 17.0 Å². The zero-order valence-corrected chi connectivity index (χ0v) is 19.9. The minimum atomic E-state index is -0.504. The van der Waals surface area contributed by atoms with Crippen molar-refractivity contribution >= 4 is 28.6 Å². The number of ketones is 1. The Hall–Kier alpha value is -2.93. The van der Waals surface area contributed by atoms with Crippen molar-refractivity contribution in [1.82, 2.24) is 19.1 Å². The number of nitriles is 1. The Kier molecular flexibility index (Phi) is 9.20. The van der Waals surface area contributed by atoms with E-state index in [0.29, 0.717) is 35.9 Å². The van der Waals surface area contributed by atoms with Gasteiger partial charge >= 0.3 is 5.69 Å². The molecule has 0 spiro atoms. The maximum absolute atomic E-state index is 13.0. The molecule has 0 aliphatic heterocycles. The first-order valence-electron chi connectivity index (χ1n) is 10.8. The highest BCUT2D eigenvalue weighted by atomic mass is 32.2. The van der Waals surface area contributed by atoms with E-state index >= 15 is 0 Å². The number of unbranched alkanes of at least 4 members (excludes halogenated alkanes) is 3. The van der Waals surface area contributed by atoms with E-state index in [2.05, 4.69) is 16.9 Å². The van der Waals surface area contributed by atoms with Crippen LogP contribution in [0.25, 0.3) is 11.0 Å². The average molecular weight is 459 g/mol. The molecule has 0 radical (unpaired) electrons. The fourth-order valence-corrected chi connectivity index (χ4v) is 4.21. The van der Waals surface area contributed by atoms with Gasteiger partial charge in [-0.2, -0.15) is 5.26 Å². The molecule has 0 aliphatic carbocycles. The molecule has 2 aromatic heterocycles. The maximum atomic E-state index is 13.0. The molecule has 0 saturated heterocycles. The molecule has 172 valence electrons. The van der Waals surface area contributed by atoms with Gasteiger partial charge in [-0.25, -0.2) is 14.8 Å². The van der Waals surface area contributed by atoms with Crippen molar-refractivity contribution in [3.05, 3.63) is 37.9 Å². The van der Waals surface area contributed by atoms with E-state index in [0.717, 1.165) is 42.0 Å². The van der Waals surface area contributed by atoms with Crippen LogP contribution >= 0.6 is 11.8 Å². The third-order valence-corrected chi connectivity index (χ3v) is 6.00. The van der Waals surface area contributed by atoms with Gasteiger partial charge in [0.05, 0.1) is 5.75 Å². The lowest BCUT2D eigenvalue weighted by Crippen LogP contribution is -2.39. The number of nitrogens with two attached hydrogens (primary N) is 1. The van der Waals surface area contributed by atoms with Crippen LogP contribution in [-0.4, -0.2) is 30.6 Å². The van der Waals surface area contributed by atoms with E-state index in [1.54, 1.807) is 0 Å². The predicted octanol–water partition coefficient (Wildman–Crippen LogP) is 2.44.